The largest absolute Gasteiger partial charge is 0.351 e. The van der Waals surface area contributed by atoms with Crippen LogP contribution in [0.15, 0.2) is 0 Å². The molecule has 2 rings (SSSR count). The first-order chi connectivity index (χ1) is 4.34. The lowest BCUT2D eigenvalue weighted by molar-refractivity contribution is -0.123. The molecule has 0 spiro atoms. The molecule has 0 aromatic carbocycles. The molecule has 3 nitrogen and oxygen atoms in total. The second-order valence-electron chi connectivity index (χ2n) is 2.79. The van der Waals surface area contributed by atoms with Crippen molar-refractivity contribution in [3.05, 3.63) is 0 Å². The van der Waals surface area contributed by atoms with Crippen molar-refractivity contribution in [3.63, 3.8) is 0 Å². The number of nitrogens with zero attached hydrogens (tertiary/aromatic N) is 1. The van der Waals surface area contributed by atoms with Gasteiger partial charge >= 0.3 is 0 Å². The normalized spacial score (nSPS) is 40.7. The van der Waals surface area contributed by atoms with Crippen LogP contribution in [0.4, 0.5) is 0 Å². The van der Waals surface area contributed by atoms with Crippen LogP contribution in [-0.4, -0.2) is 36.5 Å². The molecule has 1 N–H and O–H groups in total. The van der Waals surface area contributed by atoms with Gasteiger partial charge < -0.3 is 5.32 Å². The van der Waals surface area contributed by atoms with E-state index in [1.165, 1.54) is 0 Å². The van der Waals surface area contributed by atoms with E-state index in [0.29, 0.717) is 12.6 Å². The Hall–Kier alpha value is -0.570. The number of carbonyl (C=O) groups excluding carboxylic acids is 1. The van der Waals surface area contributed by atoms with Crippen LogP contribution in [0.1, 0.15) is 6.42 Å². The maximum atomic E-state index is 10.8. The highest BCUT2D eigenvalue weighted by Crippen LogP contribution is 2.11. The predicted molar refractivity (Wildman–Crippen MR) is 33.0 cm³/mol. The number of hydrogen-bond donors (Lipinski definition) is 1. The Kier molecular flexibility index (Phi) is 0.990. The number of rotatable bonds is 0. The van der Waals surface area contributed by atoms with Crippen molar-refractivity contribution in [1.29, 1.82) is 0 Å². The highest BCUT2D eigenvalue weighted by Gasteiger charge is 2.29. The van der Waals surface area contributed by atoms with Gasteiger partial charge in [-0.15, -0.1) is 0 Å². The molecule has 2 heterocycles. The molecule has 0 radical (unpaired) electrons. The number of piperazine rings is 1. The minimum atomic E-state index is 0.198. The zero-order valence-corrected chi connectivity index (χ0v) is 5.26. The summed E-state index contributed by atoms with van der Waals surface area (Å²) in [5.74, 6) is 0.198. The lowest BCUT2D eigenvalue weighted by Crippen LogP contribution is -2.47. The molecule has 2 bridgehead atoms. The number of nitrogens with one attached hydrogen (secondary N) is 1. The van der Waals surface area contributed by atoms with Crippen molar-refractivity contribution in [1.82, 2.24) is 10.2 Å². The molecular weight excluding hydrogens is 116 g/mol. The first-order valence-corrected chi connectivity index (χ1v) is 3.36. The molecule has 2 saturated heterocycles. The van der Waals surface area contributed by atoms with Crippen molar-refractivity contribution in [3.8, 4) is 0 Å². The maximum Gasteiger partial charge on any atom is 0.234 e. The van der Waals surface area contributed by atoms with Crippen molar-refractivity contribution in [2.45, 2.75) is 12.5 Å². The van der Waals surface area contributed by atoms with Crippen molar-refractivity contribution >= 4 is 5.91 Å². The minimum Gasteiger partial charge on any atom is -0.351 e. The van der Waals surface area contributed by atoms with Gasteiger partial charge in [0.2, 0.25) is 5.91 Å². The first kappa shape index (κ1) is 5.23. The Bertz CT molecular complexity index is 132. The third kappa shape index (κ3) is 0.812. The lowest BCUT2D eigenvalue weighted by Gasteiger charge is -2.21. The number of fused-ring (bicyclic) bond motifs is 2. The molecule has 2 atom stereocenters. The van der Waals surface area contributed by atoms with Gasteiger partial charge in [0.05, 0.1) is 6.54 Å². The first-order valence-electron chi connectivity index (χ1n) is 3.36. The third-order valence-corrected chi connectivity index (χ3v) is 2.00. The summed E-state index contributed by atoms with van der Waals surface area (Å²) in [7, 11) is 0. The van der Waals surface area contributed by atoms with Crippen LogP contribution in [0.3, 0.4) is 0 Å². The molecule has 3 heteroatoms. The van der Waals surface area contributed by atoms with Crippen LogP contribution in [0.5, 0.6) is 0 Å². The van der Waals surface area contributed by atoms with Crippen molar-refractivity contribution in [2.75, 3.05) is 19.6 Å². The second-order valence-corrected chi connectivity index (χ2v) is 2.79. The Morgan fingerprint density at radius 2 is 2.56 bits per heavy atom. The van der Waals surface area contributed by atoms with Crippen LogP contribution < -0.4 is 5.32 Å². The van der Waals surface area contributed by atoms with E-state index in [1.807, 2.05) is 0 Å². The van der Waals surface area contributed by atoms with Crippen molar-refractivity contribution in [2.24, 2.45) is 0 Å². The van der Waals surface area contributed by atoms with Gasteiger partial charge in [0.15, 0.2) is 0 Å². The molecule has 1 unspecified atom stereocenters. The molecule has 2 aliphatic heterocycles. The van der Waals surface area contributed by atoms with Gasteiger partial charge in [-0.2, -0.15) is 0 Å². The summed E-state index contributed by atoms with van der Waals surface area (Å²) in [4.78, 5) is 13.0. The van der Waals surface area contributed by atoms with Gasteiger partial charge in [0.25, 0.3) is 0 Å². The average Bonchev–Trinajstić information content (AvgIpc) is 2.11. The molecule has 0 aliphatic carbocycles. The monoisotopic (exact) mass is 126 g/mol. The van der Waals surface area contributed by atoms with Crippen LogP contribution in [-0.2, 0) is 4.79 Å². The van der Waals surface area contributed by atoms with E-state index < -0.39 is 0 Å². The molecule has 2 fully saturated rings. The van der Waals surface area contributed by atoms with Crippen LogP contribution >= 0.6 is 0 Å². The fourth-order valence-corrected chi connectivity index (χ4v) is 1.57. The van der Waals surface area contributed by atoms with Crippen LogP contribution in [0.2, 0.25) is 0 Å². The van der Waals surface area contributed by atoms with E-state index in [0.717, 1.165) is 19.5 Å². The average molecular weight is 126 g/mol. The van der Waals surface area contributed by atoms with Gasteiger partial charge in [-0.1, -0.05) is 0 Å². The van der Waals surface area contributed by atoms with E-state index in [1.54, 1.807) is 0 Å². The van der Waals surface area contributed by atoms with Gasteiger partial charge in [-0.3, -0.25) is 9.69 Å². The summed E-state index contributed by atoms with van der Waals surface area (Å²) in [6, 6.07) is 0.464. The predicted octanol–water partition coefficient (Wildman–Crippen LogP) is -0.809. The Labute approximate surface area is 54.0 Å². The fourth-order valence-electron chi connectivity index (χ4n) is 1.57. The molecule has 0 saturated carbocycles. The molecule has 0 aromatic rings. The summed E-state index contributed by atoms with van der Waals surface area (Å²) in [6.45, 7) is 2.80. The Morgan fingerprint density at radius 3 is 3.33 bits per heavy atom. The second kappa shape index (κ2) is 1.70. The number of carbonyl (C=O) groups is 1. The molecule has 9 heavy (non-hydrogen) atoms. The van der Waals surface area contributed by atoms with E-state index >= 15 is 0 Å². The smallest absolute Gasteiger partial charge is 0.234 e. The van der Waals surface area contributed by atoms with Crippen LogP contribution in [0.25, 0.3) is 0 Å². The molecule has 0 aromatic heterocycles. The summed E-state index contributed by atoms with van der Waals surface area (Å²) in [6.07, 6.45) is 1.14. The SMILES string of the molecule is O=C1CN2CC[C@@H](C2)N1. The molecule has 50 valence electrons. The Balaban J connectivity index is 2.11. The lowest BCUT2D eigenvalue weighted by atomic mass is 10.2. The van der Waals surface area contributed by atoms with Gasteiger partial charge in [-0.25, -0.2) is 0 Å². The van der Waals surface area contributed by atoms with E-state index in [2.05, 4.69) is 10.2 Å². The van der Waals surface area contributed by atoms with Crippen molar-refractivity contribution < 1.29 is 4.79 Å². The highest BCUT2D eigenvalue weighted by molar-refractivity contribution is 5.79. The highest BCUT2D eigenvalue weighted by atomic mass is 16.2. The zero-order valence-electron chi connectivity index (χ0n) is 5.26. The number of amides is 1. The maximum absolute atomic E-state index is 10.8. The summed E-state index contributed by atoms with van der Waals surface area (Å²) >= 11 is 0. The fraction of sp³-hybridized carbons (Fsp3) is 0.833. The summed E-state index contributed by atoms with van der Waals surface area (Å²) < 4.78 is 0. The summed E-state index contributed by atoms with van der Waals surface area (Å²) in [5, 5.41) is 2.93. The Morgan fingerprint density at radius 1 is 1.67 bits per heavy atom. The van der Waals surface area contributed by atoms with Gasteiger partial charge in [0, 0.05) is 19.1 Å². The quantitative estimate of drug-likeness (QED) is 0.460. The standard InChI is InChI=1S/C6H10N2O/c9-6-4-8-2-1-5(3-8)7-6/h5H,1-4H2,(H,7,9)/t5-/m0/s1. The minimum absolute atomic E-state index is 0.198. The third-order valence-electron chi connectivity index (χ3n) is 2.00. The van der Waals surface area contributed by atoms with E-state index in [4.69, 9.17) is 0 Å². The number of hydrogen-bond acceptors (Lipinski definition) is 2. The topological polar surface area (TPSA) is 32.3 Å². The molecule has 2 aliphatic rings. The van der Waals surface area contributed by atoms with Gasteiger partial charge in [-0.05, 0) is 6.42 Å². The zero-order chi connectivity index (χ0) is 6.27. The molecule has 1 amide bonds. The summed E-state index contributed by atoms with van der Waals surface area (Å²) in [5.41, 5.74) is 0. The van der Waals surface area contributed by atoms with Crippen LogP contribution in [0, 0.1) is 0 Å². The molecular formula is C6H10N2O. The van der Waals surface area contributed by atoms with Gasteiger partial charge in [0.1, 0.15) is 0 Å². The van der Waals surface area contributed by atoms with E-state index in [-0.39, 0.29) is 5.91 Å². The van der Waals surface area contributed by atoms with E-state index in [9.17, 15) is 4.79 Å².